The number of hydrogen-bond donors (Lipinski definition) is 2. The van der Waals surface area contributed by atoms with E-state index in [0.717, 1.165) is 84.1 Å². The Morgan fingerprint density at radius 1 is 0.675 bits per heavy atom. The minimum Gasteiger partial charge on any atom is -0.340 e. The van der Waals surface area contributed by atoms with Gasteiger partial charge >= 0.3 is 0 Å². The van der Waals surface area contributed by atoms with Gasteiger partial charge in [-0.2, -0.15) is 0 Å². The van der Waals surface area contributed by atoms with Crippen LogP contribution in [0.2, 0.25) is 0 Å². The molecule has 2 atom stereocenters. The van der Waals surface area contributed by atoms with Crippen molar-refractivity contribution in [2.45, 2.75) is 64.5 Å². The molecule has 2 amide bonds. The number of aromatic amines is 2. The summed E-state index contributed by atoms with van der Waals surface area (Å²) >= 11 is 0. The van der Waals surface area contributed by atoms with Crippen LogP contribution in [-0.4, -0.2) is 54.6 Å². The molecule has 2 N–H and O–H groups in total. The average molecular weight is 537 g/mol. The first-order valence-corrected chi connectivity index (χ1v) is 14.5. The highest BCUT2D eigenvalue weighted by Gasteiger charge is 2.32. The second kappa shape index (κ2) is 11.1. The average Bonchev–Trinajstić information content (AvgIpc) is 3.81. The van der Waals surface area contributed by atoms with E-state index >= 15 is 0 Å². The van der Waals surface area contributed by atoms with Crippen molar-refractivity contribution < 1.29 is 9.59 Å². The molecular formula is C32H36N6O2. The standard InChI is InChI=1S/C32H36N6O2/c1-3-29(39)37-17-5-7-27(37)31-33-19-25(35-31)23-13-9-21(10-14-23)22-11-15-24(16-12-22)26-20-34-32(36-26)28-8-6-18-38(28)30(40)4-2/h9-16,19-20,27-28H,3-8,17-18H2,1-2H3,(H,33,35)(H,34,36)/t27-,28-/m0/s1. The quantitative estimate of drug-likeness (QED) is 0.290. The van der Waals surface area contributed by atoms with E-state index in [1.807, 2.05) is 36.0 Å². The predicted octanol–water partition coefficient (Wildman–Crippen LogP) is 6.28. The molecule has 0 radical (unpaired) electrons. The van der Waals surface area contributed by atoms with Gasteiger partial charge in [-0.05, 0) is 47.9 Å². The number of hydrogen-bond acceptors (Lipinski definition) is 4. The van der Waals surface area contributed by atoms with Gasteiger partial charge in [-0.25, -0.2) is 9.97 Å². The van der Waals surface area contributed by atoms with Crippen LogP contribution in [0.25, 0.3) is 33.6 Å². The molecule has 2 aliphatic rings. The highest BCUT2D eigenvalue weighted by molar-refractivity contribution is 5.77. The van der Waals surface area contributed by atoms with Crippen LogP contribution in [0, 0.1) is 0 Å². The van der Waals surface area contributed by atoms with E-state index < -0.39 is 0 Å². The van der Waals surface area contributed by atoms with Gasteiger partial charge in [-0.1, -0.05) is 62.4 Å². The zero-order valence-electron chi connectivity index (χ0n) is 23.2. The summed E-state index contributed by atoms with van der Waals surface area (Å²) in [6, 6.07) is 17.0. The molecule has 0 unspecified atom stereocenters. The predicted molar refractivity (Wildman–Crippen MR) is 155 cm³/mol. The van der Waals surface area contributed by atoms with E-state index in [1.165, 1.54) is 0 Å². The van der Waals surface area contributed by atoms with Gasteiger partial charge < -0.3 is 19.8 Å². The van der Waals surface area contributed by atoms with Gasteiger partial charge in [0.05, 0.1) is 35.9 Å². The van der Waals surface area contributed by atoms with Gasteiger partial charge in [-0.3, -0.25) is 9.59 Å². The lowest BCUT2D eigenvalue weighted by atomic mass is 10.0. The summed E-state index contributed by atoms with van der Waals surface area (Å²) in [7, 11) is 0. The molecule has 2 aromatic carbocycles. The van der Waals surface area contributed by atoms with Gasteiger partial charge in [0.25, 0.3) is 0 Å². The summed E-state index contributed by atoms with van der Waals surface area (Å²) in [4.78, 5) is 44.7. The Balaban J connectivity index is 1.14. The van der Waals surface area contributed by atoms with Crippen molar-refractivity contribution in [1.29, 1.82) is 0 Å². The SMILES string of the molecule is CCC(=O)N1CCC[C@H]1c1ncc(-c2ccc(-c3ccc(-c4cnc([C@@H]5CCCN5C(=O)CC)[nH]4)cc3)cc2)[nH]1. The van der Waals surface area contributed by atoms with E-state index in [1.54, 1.807) is 0 Å². The third-order valence-electron chi connectivity index (χ3n) is 8.30. The first-order valence-electron chi connectivity index (χ1n) is 14.5. The van der Waals surface area contributed by atoms with Gasteiger partial charge in [0, 0.05) is 25.9 Å². The number of carbonyl (C=O) groups is 2. The number of nitrogens with zero attached hydrogens (tertiary/aromatic N) is 4. The zero-order chi connectivity index (χ0) is 27.6. The molecule has 0 bridgehead atoms. The summed E-state index contributed by atoms with van der Waals surface area (Å²) in [6.45, 7) is 5.44. The Morgan fingerprint density at radius 3 is 1.43 bits per heavy atom. The van der Waals surface area contributed by atoms with Crippen molar-refractivity contribution in [3.8, 4) is 33.6 Å². The smallest absolute Gasteiger partial charge is 0.222 e. The van der Waals surface area contributed by atoms with Crippen LogP contribution in [-0.2, 0) is 9.59 Å². The van der Waals surface area contributed by atoms with E-state index in [9.17, 15) is 9.59 Å². The molecule has 4 heterocycles. The van der Waals surface area contributed by atoms with Crippen molar-refractivity contribution in [2.24, 2.45) is 0 Å². The molecule has 0 saturated carbocycles. The number of rotatable bonds is 7. The minimum atomic E-state index is 0.0425. The Hall–Kier alpha value is -4.20. The number of imidazole rings is 2. The summed E-state index contributed by atoms with van der Waals surface area (Å²) < 4.78 is 0. The molecule has 2 fully saturated rings. The van der Waals surface area contributed by atoms with Crippen molar-refractivity contribution in [2.75, 3.05) is 13.1 Å². The van der Waals surface area contributed by atoms with Crippen molar-refractivity contribution in [1.82, 2.24) is 29.7 Å². The number of nitrogens with one attached hydrogen (secondary N) is 2. The van der Waals surface area contributed by atoms with Crippen LogP contribution in [0.5, 0.6) is 0 Å². The molecule has 40 heavy (non-hydrogen) atoms. The van der Waals surface area contributed by atoms with Gasteiger partial charge in [0.1, 0.15) is 11.6 Å². The molecule has 0 aliphatic carbocycles. The number of benzene rings is 2. The molecule has 0 spiro atoms. The van der Waals surface area contributed by atoms with E-state index in [4.69, 9.17) is 0 Å². The largest absolute Gasteiger partial charge is 0.340 e. The number of H-pyrrole nitrogens is 2. The maximum atomic E-state index is 12.3. The third kappa shape index (κ3) is 4.94. The topological polar surface area (TPSA) is 98.0 Å². The first-order chi connectivity index (χ1) is 19.6. The summed E-state index contributed by atoms with van der Waals surface area (Å²) in [5, 5.41) is 0. The van der Waals surface area contributed by atoms with Crippen LogP contribution in [0.15, 0.2) is 60.9 Å². The zero-order valence-corrected chi connectivity index (χ0v) is 23.2. The Labute approximate surface area is 234 Å². The fourth-order valence-corrected chi connectivity index (χ4v) is 6.09. The number of amides is 2. The minimum absolute atomic E-state index is 0.0425. The molecular weight excluding hydrogens is 500 g/mol. The van der Waals surface area contributed by atoms with E-state index in [-0.39, 0.29) is 23.9 Å². The Kier molecular flexibility index (Phi) is 7.24. The molecule has 2 aromatic heterocycles. The van der Waals surface area contributed by atoms with Crippen LogP contribution < -0.4 is 0 Å². The van der Waals surface area contributed by atoms with Crippen LogP contribution in [0.4, 0.5) is 0 Å². The van der Waals surface area contributed by atoms with Gasteiger partial charge in [0.2, 0.25) is 11.8 Å². The molecule has 8 heteroatoms. The highest BCUT2D eigenvalue weighted by Crippen LogP contribution is 2.34. The fourth-order valence-electron chi connectivity index (χ4n) is 6.09. The second-order valence-electron chi connectivity index (χ2n) is 10.7. The summed E-state index contributed by atoms with van der Waals surface area (Å²) in [6.07, 6.45) is 8.71. The second-order valence-corrected chi connectivity index (χ2v) is 10.7. The first kappa shape index (κ1) is 26.0. The fraction of sp³-hybridized carbons (Fsp3) is 0.375. The lowest BCUT2D eigenvalue weighted by Crippen LogP contribution is -2.30. The number of likely N-dealkylation sites (tertiary alicyclic amines) is 2. The van der Waals surface area contributed by atoms with Crippen LogP contribution in [0.3, 0.4) is 0 Å². The summed E-state index contributed by atoms with van der Waals surface area (Å²) in [5.74, 6) is 2.11. The third-order valence-corrected chi connectivity index (χ3v) is 8.30. The van der Waals surface area contributed by atoms with Crippen molar-refractivity contribution >= 4 is 11.8 Å². The Bertz CT molecular complexity index is 1370. The molecule has 206 valence electrons. The monoisotopic (exact) mass is 536 g/mol. The lowest BCUT2D eigenvalue weighted by molar-refractivity contribution is -0.132. The molecule has 6 rings (SSSR count). The van der Waals surface area contributed by atoms with Gasteiger partial charge in [0.15, 0.2) is 0 Å². The Morgan fingerprint density at radius 2 is 1.05 bits per heavy atom. The van der Waals surface area contributed by atoms with Crippen LogP contribution in [0.1, 0.15) is 76.1 Å². The summed E-state index contributed by atoms with van der Waals surface area (Å²) in [5.41, 5.74) is 6.33. The highest BCUT2D eigenvalue weighted by atomic mass is 16.2. The van der Waals surface area contributed by atoms with Crippen LogP contribution >= 0.6 is 0 Å². The molecule has 8 nitrogen and oxygen atoms in total. The van der Waals surface area contributed by atoms with Crippen molar-refractivity contribution in [3.05, 3.63) is 72.6 Å². The van der Waals surface area contributed by atoms with E-state index in [2.05, 4.69) is 68.5 Å². The van der Waals surface area contributed by atoms with Crippen molar-refractivity contribution in [3.63, 3.8) is 0 Å². The van der Waals surface area contributed by atoms with E-state index in [0.29, 0.717) is 12.8 Å². The lowest BCUT2D eigenvalue weighted by Gasteiger charge is -2.22. The molecule has 2 saturated heterocycles. The molecule has 2 aliphatic heterocycles. The maximum Gasteiger partial charge on any atom is 0.222 e. The maximum absolute atomic E-state index is 12.3. The number of aromatic nitrogens is 4. The normalized spacial score (nSPS) is 18.9. The number of carbonyl (C=O) groups excluding carboxylic acids is 2. The van der Waals surface area contributed by atoms with Gasteiger partial charge in [-0.15, -0.1) is 0 Å². The molecule has 4 aromatic rings.